The summed E-state index contributed by atoms with van der Waals surface area (Å²) >= 11 is 1.67. The first-order valence-electron chi connectivity index (χ1n) is 5.96. The van der Waals surface area contributed by atoms with Gasteiger partial charge in [0.15, 0.2) is 0 Å². The quantitative estimate of drug-likeness (QED) is 0.820. The molecule has 1 amide bonds. The molecule has 1 aliphatic rings. The molecule has 0 unspecified atom stereocenters. The molecule has 4 nitrogen and oxygen atoms in total. The maximum Gasteiger partial charge on any atom is 0.244 e. The van der Waals surface area contributed by atoms with E-state index in [9.17, 15) is 4.79 Å². The van der Waals surface area contributed by atoms with E-state index < -0.39 is 5.54 Å². The van der Waals surface area contributed by atoms with Gasteiger partial charge in [0, 0.05) is 23.8 Å². The van der Waals surface area contributed by atoms with Crippen molar-refractivity contribution < 1.29 is 9.53 Å². The van der Waals surface area contributed by atoms with Crippen molar-refractivity contribution in [2.75, 3.05) is 24.8 Å². The lowest BCUT2D eigenvalue weighted by atomic mass is 9.90. The van der Waals surface area contributed by atoms with Gasteiger partial charge in [-0.15, -0.1) is 11.8 Å². The highest BCUT2D eigenvalue weighted by Gasteiger charge is 2.35. The third kappa shape index (κ3) is 3.04. The van der Waals surface area contributed by atoms with Crippen LogP contribution < -0.4 is 11.1 Å². The molecule has 3 N–H and O–H groups in total. The molecule has 0 saturated carbocycles. The zero-order valence-corrected chi connectivity index (χ0v) is 11.3. The lowest BCUT2D eigenvalue weighted by Crippen LogP contribution is -2.54. The van der Waals surface area contributed by atoms with Crippen LogP contribution in [0.5, 0.6) is 0 Å². The number of carbonyl (C=O) groups is 1. The second-order valence-electron chi connectivity index (χ2n) is 4.45. The topological polar surface area (TPSA) is 64.4 Å². The molecule has 1 aliphatic heterocycles. The van der Waals surface area contributed by atoms with Crippen molar-refractivity contribution in [1.82, 2.24) is 0 Å². The number of nitrogens with one attached hydrogen (secondary N) is 1. The standard InChI is InChI=1S/C13H18N2O2S/c1-18-11-4-2-10(3-5-11)15-12(16)13(14)6-8-17-9-7-13/h2-5H,6-9,14H2,1H3,(H,15,16). The number of thioether (sulfide) groups is 1. The van der Waals surface area contributed by atoms with Crippen molar-refractivity contribution in [1.29, 1.82) is 0 Å². The Morgan fingerprint density at radius 1 is 1.33 bits per heavy atom. The van der Waals surface area contributed by atoms with Crippen LogP contribution in [0.15, 0.2) is 29.2 Å². The molecule has 1 aromatic rings. The third-order valence-corrected chi connectivity index (χ3v) is 3.93. The van der Waals surface area contributed by atoms with Crippen LogP contribution in [0.3, 0.4) is 0 Å². The molecule has 0 aromatic heterocycles. The fourth-order valence-electron chi connectivity index (χ4n) is 1.89. The van der Waals surface area contributed by atoms with E-state index in [0.29, 0.717) is 26.1 Å². The Morgan fingerprint density at radius 3 is 2.50 bits per heavy atom. The predicted octanol–water partition coefficient (Wildman–Crippen LogP) is 1.85. The summed E-state index contributed by atoms with van der Waals surface area (Å²) in [5.41, 5.74) is 6.10. The van der Waals surface area contributed by atoms with Gasteiger partial charge in [-0.1, -0.05) is 0 Å². The summed E-state index contributed by atoms with van der Waals surface area (Å²) < 4.78 is 5.23. The number of carbonyl (C=O) groups excluding carboxylic acids is 1. The van der Waals surface area contributed by atoms with Crippen LogP contribution in [0.2, 0.25) is 0 Å². The zero-order valence-electron chi connectivity index (χ0n) is 10.4. The van der Waals surface area contributed by atoms with Crippen molar-refractivity contribution >= 4 is 23.4 Å². The number of rotatable bonds is 3. The fraction of sp³-hybridized carbons (Fsp3) is 0.462. The SMILES string of the molecule is CSc1ccc(NC(=O)C2(N)CCOCC2)cc1. The monoisotopic (exact) mass is 266 g/mol. The van der Waals surface area contributed by atoms with E-state index in [-0.39, 0.29) is 5.91 Å². The summed E-state index contributed by atoms with van der Waals surface area (Å²) in [7, 11) is 0. The number of amides is 1. The summed E-state index contributed by atoms with van der Waals surface area (Å²) in [5.74, 6) is -0.122. The molecule has 1 heterocycles. The van der Waals surface area contributed by atoms with Crippen molar-refractivity contribution in [3.63, 3.8) is 0 Å². The van der Waals surface area contributed by atoms with E-state index in [1.54, 1.807) is 11.8 Å². The first kappa shape index (κ1) is 13.4. The Balaban J connectivity index is 2.01. The summed E-state index contributed by atoms with van der Waals surface area (Å²) in [4.78, 5) is 13.3. The minimum Gasteiger partial charge on any atom is -0.381 e. The summed E-state index contributed by atoms with van der Waals surface area (Å²) in [6.45, 7) is 1.10. The van der Waals surface area contributed by atoms with Gasteiger partial charge < -0.3 is 15.8 Å². The highest BCUT2D eigenvalue weighted by Crippen LogP contribution is 2.22. The Labute approximate surface area is 111 Å². The highest BCUT2D eigenvalue weighted by atomic mass is 32.2. The van der Waals surface area contributed by atoms with Gasteiger partial charge in [-0.2, -0.15) is 0 Å². The number of hydrogen-bond donors (Lipinski definition) is 2. The van der Waals surface area contributed by atoms with Gasteiger partial charge in [-0.3, -0.25) is 4.79 Å². The molecule has 0 bridgehead atoms. The van der Waals surface area contributed by atoms with Gasteiger partial charge in [-0.05, 0) is 43.4 Å². The number of ether oxygens (including phenoxy) is 1. The second-order valence-corrected chi connectivity index (χ2v) is 5.33. The Morgan fingerprint density at radius 2 is 1.94 bits per heavy atom. The van der Waals surface area contributed by atoms with E-state index in [0.717, 1.165) is 5.69 Å². The second kappa shape index (κ2) is 5.73. The molecule has 98 valence electrons. The minimum atomic E-state index is -0.795. The molecular weight excluding hydrogens is 248 g/mol. The molecule has 5 heteroatoms. The van der Waals surface area contributed by atoms with E-state index in [1.165, 1.54) is 4.90 Å². The van der Waals surface area contributed by atoms with E-state index >= 15 is 0 Å². The van der Waals surface area contributed by atoms with Gasteiger partial charge in [0.2, 0.25) is 5.91 Å². The van der Waals surface area contributed by atoms with Crippen LogP contribution >= 0.6 is 11.8 Å². The van der Waals surface area contributed by atoms with Gasteiger partial charge in [-0.25, -0.2) is 0 Å². The average Bonchev–Trinajstić information content (AvgIpc) is 2.40. The normalized spacial score (nSPS) is 18.3. The van der Waals surface area contributed by atoms with E-state index in [4.69, 9.17) is 10.5 Å². The average molecular weight is 266 g/mol. The van der Waals surface area contributed by atoms with E-state index in [2.05, 4.69) is 5.32 Å². The molecule has 0 aliphatic carbocycles. The first-order chi connectivity index (χ1) is 8.64. The van der Waals surface area contributed by atoms with Crippen LogP contribution in [-0.2, 0) is 9.53 Å². The van der Waals surface area contributed by atoms with Gasteiger partial charge in [0.25, 0.3) is 0 Å². The van der Waals surface area contributed by atoms with Crippen LogP contribution in [0.4, 0.5) is 5.69 Å². The Bertz CT molecular complexity index is 414. The van der Waals surface area contributed by atoms with Crippen molar-refractivity contribution in [2.24, 2.45) is 5.73 Å². The van der Waals surface area contributed by atoms with Crippen LogP contribution in [0.1, 0.15) is 12.8 Å². The maximum atomic E-state index is 12.1. The molecule has 1 aromatic carbocycles. The molecule has 0 atom stereocenters. The Kier molecular flexibility index (Phi) is 4.27. The van der Waals surface area contributed by atoms with Crippen molar-refractivity contribution in [3.05, 3.63) is 24.3 Å². The Hall–Kier alpha value is -1.04. The van der Waals surface area contributed by atoms with Crippen molar-refractivity contribution in [3.8, 4) is 0 Å². The summed E-state index contributed by atoms with van der Waals surface area (Å²) in [5, 5.41) is 2.87. The zero-order chi connectivity index (χ0) is 13.0. The lowest BCUT2D eigenvalue weighted by Gasteiger charge is -2.31. The van der Waals surface area contributed by atoms with Gasteiger partial charge in [0.05, 0.1) is 0 Å². The first-order valence-corrected chi connectivity index (χ1v) is 7.19. The number of benzene rings is 1. The molecule has 0 radical (unpaired) electrons. The minimum absolute atomic E-state index is 0.122. The smallest absolute Gasteiger partial charge is 0.244 e. The van der Waals surface area contributed by atoms with Crippen LogP contribution in [0, 0.1) is 0 Å². The summed E-state index contributed by atoms with van der Waals surface area (Å²) in [6.07, 6.45) is 3.16. The van der Waals surface area contributed by atoms with Gasteiger partial charge >= 0.3 is 0 Å². The molecule has 2 rings (SSSR count). The highest BCUT2D eigenvalue weighted by molar-refractivity contribution is 7.98. The van der Waals surface area contributed by atoms with Crippen LogP contribution in [0.25, 0.3) is 0 Å². The number of anilines is 1. The molecular formula is C13H18N2O2S. The molecule has 1 fully saturated rings. The van der Waals surface area contributed by atoms with Gasteiger partial charge in [0.1, 0.15) is 5.54 Å². The predicted molar refractivity (Wildman–Crippen MR) is 73.8 cm³/mol. The molecule has 1 saturated heterocycles. The number of hydrogen-bond acceptors (Lipinski definition) is 4. The largest absolute Gasteiger partial charge is 0.381 e. The molecule has 0 spiro atoms. The molecule has 18 heavy (non-hydrogen) atoms. The van der Waals surface area contributed by atoms with Crippen LogP contribution in [-0.4, -0.2) is 30.9 Å². The fourth-order valence-corrected chi connectivity index (χ4v) is 2.30. The maximum absolute atomic E-state index is 12.1. The third-order valence-electron chi connectivity index (χ3n) is 3.19. The lowest BCUT2D eigenvalue weighted by molar-refractivity contribution is -0.124. The number of nitrogens with two attached hydrogens (primary N) is 1. The van der Waals surface area contributed by atoms with Crippen molar-refractivity contribution in [2.45, 2.75) is 23.3 Å². The van der Waals surface area contributed by atoms with E-state index in [1.807, 2.05) is 30.5 Å². The summed E-state index contributed by atoms with van der Waals surface area (Å²) in [6, 6.07) is 7.75.